The molecule has 0 bridgehead atoms. The van der Waals surface area contributed by atoms with E-state index in [1.54, 1.807) is 61.5 Å². The monoisotopic (exact) mass is 570 g/mol. The maximum absolute atomic E-state index is 13.6. The molecule has 1 aromatic heterocycles. The topological polar surface area (TPSA) is 111 Å². The smallest absolute Gasteiger partial charge is 0.285 e. The summed E-state index contributed by atoms with van der Waals surface area (Å²) in [5.41, 5.74) is 4.34. The van der Waals surface area contributed by atoms with Crippen LogP contribution in [0.15, 0.2) is 72.8 Å². The summed E-state index contributed by atoms with van der Waals surface area (Å²) in [5.74, 6) is -1.19. The predicted octanol–water partition coefficient (Wildman–Crippen LogP) is 5.42. The van der Waals surface area contributed by atoms with Crippen LogP contribution in [0.2, 0.25) is 5.02 Å². The Morgan fingerprint density at radius 2 is 1.66 bits per heavy atom. The van der Waals surface area contributed by atoms with Crippen LogP contribution in [0.4, 0.5) is 0 Å². The van der Waals surface area contributed by atoms with Crippen molar-refractivity contribution in [2.24, 2.45) is 0 Å². The Morgan fingerprint density at radius 3 is 2.34 bits per heavy atom. The Morgan fingerprint density at radius 1 is 0.927 bits per heavy atom. The van der Waals surface area contributed by atoms with Crippen molar-refractivity contribution >= 4 is 29.3 Å². The molecule has 208 valence electrons. The number of halogens is 1. The molecule has 1 aliphatic heterocycles. The number of benzene rings is 3. The second-order valence-corrected chi connectivity index (χ2v) is 10.3. The Kier molecular flexibility index (Phi) is 8.09. The molecule has 1 unspecified atom stereocenters. The summed E-state index contributed by atoms with van der Waals surface area (Å²) in [6.07, 6.45) is 0.378. The van der Waals surface area contributed by atoms with Crippen molar-refractivity contribution in [2.45, 2.75) is 33.2 Å². The molecule has 9 nitrogen and oxygen atoms in total. The minimum Gasteiger partial charge on any atom is -0.437 e. The number of nitrogens with zero attached hydrogens (tertiary/aromatic N) is 3. The first-order valence-corrected chi connectivity index (χ1v) is 13.3. The summed E-state index contributed by atoms with van der Waals surface area (Å²) < 4.78 is 5.86. The number of ether oxygens (including phenoxy) is 1. The number of nitrogens with one attached hydrogen (secondary N) is 1. The van der Waals surface area contributed by atoms with Gasteiger partial charge in [0, 0.05) is 5.02 Å². The maximum atomic E-state index is 13.6. The van der Waals surface area contributed by atoms with E-state index in [0.717, 1.165) is 21.8 Å². The lowest BCUT2D eigenvalue weighted by Gasteiger charge is -2.23. The van der Waals surface area contributed by atoms with Crippen molar-refractivity contribution in [1.29, 1.82) is 0 Å². The fraction of sp³-hybridized carbons (Fsp3) is 0.194. The molecule has 0 spiro atoms. The normalized spacial score (nSPS) is 13.2. The van der Waals surface area contributed by atoms with Gasteiger partial charge in [0.1, 0.15) is 11.3 Å². The van der Waals surface area contributed by atoms with E-state index in [9.17, 15) is 14.4 Å². The molecule has 0 radical (unpaired) electrons. The first-order chi connectivity index (χ1) is 19.7. The van der Waals surface area contributed by atoms with Crippen LogP contribution in [0.5, 0.6) is 11.6 Å². The zero-order valence-electron chi connectivity index (χ0n) is 22.7. The fourth-order valence-corrected chi connectivity index (χ4v) is 4.74. The van der Waals surface area contributed by atoms with Gasteiger partial charge in [-0.3, -0.25) is 19.2 Å². The van der Waals surface area contributed by atoms with Crippen LogP contribution >= 0.6 is 11.6 Å². The van der Waals surface area contributed by atoms with E-state index in [1.807, 2.05) is 32.0 Å². The Balaban J connectivity index is 1.39. The number of imide groups is 1. The first-order valence-electron chi connectivity index (χ1n) is 12.9. The standard InChI is InChI=1S/C31H27ClN4O5/c1-18-11-12-21(19(2)13-18)15-23(17-40-36-30(38)25-9-4-5-10-26(25)31(36)39)33-28(37)27-14-20(3)34-35-29(27)41-24-8-6-7-22(32)16-24/h4-14,16,23H,15,17H2,1-3H3,(H,33,37). The summed E-state index contributed by atoms with van der Waals surface area (Å²) >= 11 is 6.08. The van der Waals surface area contributed by atoms with Crippen molar-refractivity contribution in [3.8, 4) is 11.6 Å². The second-order valence-electron chi connectivity index (χ2n) is 9.81. The third kappa shape index (κ3) is 6.26. The van der Waals surface area contributed by atoms with E-state index >= 15 is 0 Å². The van der Waals surface area contributed by atoms with Gasteiger partial charge in [0.15, 0.2) is 0 Å². The van der Waals surface area contributed by atoms with E-state index in [2.05, 4.69) is 15.5 Å². The average molecular weight is 571 g/mol. The number of fused-ring (bicyclic) bond motifs is 1. The lowest BCUT2D eigenvalue weighted by Crippen LogP contribution is -2.43. The van der Waals surface area contributed by atoms with Gasteiger partial charge in [-0.15, -0.1) is 10.2 Å². The van der Waals surface area contributed by atoms with Crippen molar-refractivity contribution < 1.29 is 24.0 Å². The Hall–Kier alpha value is -4.60. The van der Waals surface area contributed by atoms with Crippen molar-refractivity contribution in [3.05, 3.63) is 117 Å². The summed E-state index contributed by atoms with van der Waals surface area (Å²) in [6, 6.07) is 20.2. The predicted molar refractivity (Wildman–Crippen MR) is 152 cm³/mol. The van der Waals surface area contributed by atoms with Gasteiger partial charge in [0.25, 0.3) is 23.6 Å². The lowest BCUT2D eigenvalue weighted by atomic mass is 9.99. The highest BCUT2D eigenvalue weighted by molar-refractivity contribution is 6.30. The molecule has 41 heavy (non-hydrogen) atoms. The zero-order valence-corrected chi connectivity index (χ0v) is 23.4. The molecule has 10 heteroatoms. The molecule has 4 aromatic rings. The molecular weight excluding hydrogens is 544 g/mol. The molecule has 0 saturated carbocycles. The van der Waals surface area contributed by atoms with E-state index in [1.165, 1.54) is 0 Å². The van der Waals surface area contributed by atoms with Crippen LogP contribution in [0.3, 0.4) is 0 Å². The van der Waals surface area contributed by atoms with Gasteiger partial charge < -0.3 is 10.1 Å². The minimum absolute atomic E-state index is 0.00176. The number of aromatic nitrogens is 2. The highest BCUT2D eigenvalue weighted by Crippen LogP contribution is 2.26. The summed E-state index contributed by atoms with van der Waals surface area (Å²) in [7, 11) is 0. The molecule has 0 saturated heterocycles. The van der Waals surface area contributed by atoms with Crippen LogP contribution in [0, 0.1) is 20.8 Å². The third-order valence-corrected chi connectivity index (χ3v) is 6.83. The van der Waals surface area contributed by atoms with Crippen molar-refractivity contribution in [1.82, 2.24) is 20.6 Å². The third-order valence-electron chi connectivity index (χ3n) is 6.60. The van der Waals surface area contributed by atoms with Crippen LogP contribution in [0.25, 0.3) is 0 Å². The van der Waals surface area contributed by atoms with Crippen LogP contribution in [-0.4, -0.2) is 45.6 Å². The van der Waals surface area contributed by atoms with Gasteiger partial charge in [0.2, 0.25) is 0 Å². The van der Waals surface area contributed by atoms with E-state index in [0.29, 0.717) is 22.9 Å². The summed E-state index contributed by atoms with van der Waals surface area (Å²) in [4.78, 5) is 45.1. The van der Waals surface area contributed by atoms with Crippen molar-refractivity contribution in [3.63, 3.8) is 0 Å². The molecule has 1 N–H and O–H groups in total. The zero-order chi connectivity index (χ0) is 29.1. The molecule has 2 heterocycles. The van der Waals surface area contributed by atoms with E-state index in [-0.39, 0.29) is 29.2 Å². The average Bonchev–Trinajstić information content (AvgIpc) is 3.19. The van der Waals surface area contributed by atoms with Gasteiger partial charge in [0.05, 0.1) is 29.5 Å². The van der Waals surface area contributed by atoms with Gasteiger partial charge >= 0.3 is 0 Å². The molecule has 0 fully saturated rings. The minimum atomic E-state index is -0.624. The SMILES string of the molecule is Cc1ccc(CC(CON2C(=O)c3ccccc3C2=O)NC(=O)c2cc(C)nnc2Oc2cccc(Cl)c2)c(C)c1. The van der Waals surface area contributed by atoms with E-state index in [4.69, 9.17) is 21.2 Å². The van der Waals surface area contributed by atoms with Gasteiger partial charge in [-0.1, -0.05) is 53.6 Å². The molecule has 3 aromatic carbocycles. The molecule has 1 atom stereocenters. The molecule has 0 aliphatic carbocycles. The second kappa shape index (κ2) is 11.9. The number of carbonyl (C=O) groups is 3. The summed E-state index contributed by atoms with van der Waals surface area (Å²) in [6.45, 7) is 5.55. The Labute approximate surface area is 242 Å². The fourth-order valence-electron chi connectivity index (χ4n) is 4.56. The van der Waals surface area contributed by atoms with Crippen molar-refractivity contribution in [2.75, 3.05) is 6.61 Å². The number of aryl methyl sites for hydroxylation is 3. The quantitative estimate of drug-likeness (QED) is 0.268. The number of hydrogen-bond acceptors (Lipinski definition) is 7. The van der Waals surface area contributed by atoms with Crippen LogP contribution in [0.1, 0.15) is 53.5 Å². The number of carbonyl (C=O) groups excluding carboxylic acids is 3. The largest absolute Gasteiger partial charge is 0.437 e. The van der Waals surface area contributed by atoms with Gasteiger partial charge in [-0.25, -0.2) is 0 Å². The lowest BCUT2D eigenvalue weighted by molar-refractivity contribution is -0.0968. The van der Waals surface area contributed by atoms with Crippen LogP contribution < -0.4 is 10.1 Å². The number of hydroxylamine groups is 2. The highest BCUT2D eigenvalue weighted by Gasteiger charge is 2.37. The Bertz CT molecular complexity index is 1620. The number of rotatable bonds is 9. The van der Waals surface area contributed by atoms with Gasteiger partial charge in [-0.2, -0.15) is 5.10 Å². The molecule has 5 rings (SSSR count). The molecule has 1 aliphatic rings. The van der Waals surface area contributed by atoms with Gasteiger partial charge in [-0.05, 0) is 74.7 Å². The van der Waals surface area contributed by atoms with Crippen LogP contribution in [-0.2, 0) is 11.3 Å². The summed E-state index contributed by atoms with van der Waals surface area (Å²) in [5, 5.41) is 12.3. The van der Waals surface area contributed by atoms with E-state index < -0.39 is 23.8 Å². The maximum Gasteiger partial charge on any atom is 0.285 e. The first kappa shape index (κ1) is 27.9. The molecular formula is C31H27ClN4O5. The highest BCUT2D eigenvalue weighted by atomic mass is 35.5. The number of amides is 3. The molecule has 3 amide bonds. The number of hydrogen-bond donors (Lipinski definition) is 1.